The molecule has 0 aliphatic carbocycles. The molecule has 78 valence electrons. The van der Waals surface area contributed by atoms with Gasteiger partial charge >= 0.3 is 0 Å². The first-order valence-corrected chi connectivity index (χ1v) is 7.21. The first-order chi connectivity index (χ1) is 6.55. The Morgan fingerprint density at radius 1 is 1.64 bits per heavy atom. The fraction of sp³-hybridized carbons (Fsp3) is 0.571. The topological polar surface area (TPSA) is 59.1 Å². The summed E-state index contributed by atoms with van der Waals surface area (Å²) in [5.74, 6) is 0.466. The summed E-state index contributed by atoms with van der Waals surface area (Å²) in [6, 6.07) is -0.0118. The van der Waals surface area contributed by atoms with Crippen LogP contribution in [-0.4, -0.2) is 30.9 Å². The summed E-state index contributed by atoms with van der Waals surface area (Å²) in [4.78, 5) is 4.00. The third kappa shape index (κ3) is 2.37. The minimum atomic E-state index is -2.83. The smallest absolute Gasteiger partial charge is 0.184 e. The Balaban J connectivity index is 2.00. The van der Waals surface area contributed by atoms with E-state index in [1.54, 1.807) is 5.38 Å². The molecule has 2 heterocycles. The number of nitrogens with zero attached hydrogens (tertiary/aromatic N) is 1. The highest BCUT2D eigenvalue weighted by atomic mass is 35.5. The molecule has 1 aromatic rings. The van der Waals surface area contributed by atoms with Gasteiger partial charge in [-0.1, -0.05) is 11.6 Å². The Morgan fingerprint density at radius 3 is 2.93 bits per heavy atom. The molecule has 1 fully saturated rings. The summed E-state index contributed by atoms with van der Waals surface area (Å²) in [7, 11) is -2.83. The summed E-state index contributed by atoms with van der Waals surface area (Å²) in [5, 5.41) is 5.91. The Bertz CT molecular complexity index is 429. The molecule has 0 aromatic carbocycles. The molecule has 1 unspecified atom stereocenters. The van der Waals surface area contributed by atoms with Crippen LogP contribution < -0.4 is 5.32 Å². The third-order valence-electron chi connectivity index (χ3n) is 2.04. The zero-order chi connectivity index (χ0) is 10.2. The largest absolute Gasteiger partial charge is 0.358 e. The number of rotatable bonds is 2. The van der Waals surface area contributed by atoms with Gasteiger partial charge in [-0.25, -0.2) is 13.4 Å². The summed E-state index contributed by atoms with van der Waals surface area (Å²) < 4.78 is 22.3. The second-order valence-electron chi connectivity index (χ2n) is 3.22. The number of hydrogen-bond acceptors (Lipinski definition) is 5. The lowest BCUT2D eigenvalue weighted by Crippen LogP contribution is -2.20. The van der Waals surface area contributed by atoms with E-state index in [0.717, 1.165) is 0 Å². The molecule has 1 aliphatic rings. The van der Waals surface area contributed by atoms with Crippen molar-refractivity contribution in [3.63, 3.8) is 0 Å². The molecular weight excluding hydrogens is 244 g/mol. The van der Waals surface area contributed by atoms with Crippen LogP contribution in [0.3, 0.4) is 0 Å². The average Bonchev–Trinajstić information content (AvgIpc) is 2.59. The minimum Gasteiger partial charge on any atom is -0.358 e. The highest BCUT2D eigenvalue weighted by molar-refractivity contribution is 7.91. The van der Waals surface area contributed by atoms with Crippen LogP contribution in [0, 0.1) is 0 Å². The van der Waals surface area contributed by atoms with Gasteiger partial charge in [-0.3, -0.25) is 0 Å². The minimum absolute atomic E-state index is 0.0118. The van der Waals surface area contributed by atoms with Gasteiger partial charge in [-0.15, -0.1) is 11.3 Å². The van der Waals surface area contributed by atoms with Gasteiger partial charge in [0.25, 0.3) is 0 Å². The van der Waals surface area contributed by atoms with Crippen LogP contribution in [0.5, 0.6) is 0 Å². The van der Waals surface area contributed by atoms with E-state index >= 15 is 0 Å². The zero-order valence-corrected chi connectivity index (χ0v) is 9.62. The number of hydrogen-bond donors (Lipinski definition) is 1. The molecule has 1 N–H and O–H groups in total. The maximum absolute atomic E-state index is 11.2. The number of sulfone groups is 1. The van der Waals surface area contributed by atoms with Gasteiger partial charge in [0.1, 0.15) is 5.15 Å². The summed E-state index contributed by atoms with van der Waals surface area (Å²) in [6.07, 6.45) is 0.652. The fourth-order valence-corrected chi connectivity index (χ4v) is 3.99. The van der Waals surface area contributed by atoms with E-state index in [2.05, 4.69) is 10.3 Å². The molecular formula is C7H9ClN2O2S2. The maximum Gasteiger partial charge on any atom is 0.184 e. The van der Waals surface area contributed by atoms with Crippen molar-refractivity contribution in [2.45, 2.75) is 12.5 Å². The lowest BCUT2D eigenvalue weighted by molar-refractivity contribution is 0.602. The molecule has 1 aromatic heterocycles. The summed E-state index contributed by atoms with van der Waals surface area (Å²) >= 11 is 7.03. The monoisotopic (exact) mass is 252 g/mol. The van der Waals surface area contributed by atoms with Crippen molar-refractivity contribution in [1.82, 2.24) is 4.98 Å². The van der Waals surface area contributed by atoms with Gasteiger partial charge in [0.15, 0.2) is 15.0 Å². The number of halogens is 1. The van der Waals surface area contributed by atoms with Gasteiger partial charge in [-0.05, 0) is 6.42 Å². The Hall–Kier alpha value is -0.330. The predicted molar refractivity (Wildman–Crippen MR) is 57.8 cm³/mol. The molecule has 0 amide bonds. The summed E-state index contributed by atoms with van der Waals surface area (Å²) in [5.41, 5.74) is 0. The van der Waals surface area contributed by atoms with Gasteiger partial charge in [0, 0.05) is 11.4 Å². The van der Waals surface area contributed by atoms with E-state index in [1.807, 2.05) is 0 Å². The van der Waals surface area contributed by atoms with Gasteiger partial charge in [0.05, 0.1) is 11.5 Å². The number of anilines is 1. The molecule has 0 saturated carbocycles. The standard InChI is InChI=1S/C7H9ClN2O2S2/c8-6-3-13-7(10-6)9-5-1-2-14(11,12)4-5/h3,5H,1-2,4H2,(H,9,10). The highest BCUT2D eigenvalue weighted by Crippen LogP contribution is 2.22. The van der Waals surface area contributed by atoms with Crippen LogP contribution in [0.15, 0.2) is 5.38 Å². The fourth-order valence-electron chi connectivity index (χ4n) is 1.40. The van der Waals surface area contributed by atoms with E-state index in [9.17, 15) is 8.42 Å². The molecule has 14 heavy (non-hydrogen) atoms. The Labute approximate surface area is 91.2 Å². The SMILES string of the molecule is O=S1(=O)CCC(Nc2nc(Cl)cs2)C1. The molecule has 1 saturated heterocycles. The lowest BCUT2D eigenvalue weighted by Gasteiger charge is -2.07. The van der Waals surface area contributed by atoms with Crippen LogP contribution >= 0.6 is 22.9 Å². The average molecular weight is 253 g/mol. The van der Waals surface area contributed by atoms with Gasteiger partial charge in [-0.2, -0.15) is 0 Å². The molecule has 1 aliphatic heterocycles. The van der Waals surface area contributed by atoms with E-state index < -0.39 is 9.84 Å². The van der Waals surface area contributed by atoms with Crippen molar-refractivity contribution < 1.29 is 8.42 Å². The van der Waals surface area contributed by atoms with Crippen LogP contribution in [0.2, 0.25) is 5.15 Å². The molecule has 2 rings (SSSR count). The predicted octanol–water partition coefficient (Wildman–Crippen LogP) is 1.40. The summed E-state index contributed by atoms with van der Waals surface area (Å²) in [6.45, 7) is 0. The Kier molecular flexibility index (Phi) is 2.68. The van der Waals surface area contributed by atoms with Crippen molar-refractivity contribution in [1.29, 1.82) is 0 Å². The molecule has 1 atom stereocenters. The van der Waals surface area contributed by atoms with Crippen LogP contribution in [0.25, 0.3) is 0 Å². The van der Waals surface area contributed by atoms with Gasteiger partial charge < -0.3 is 5.32 Å². The number of thiazole rings is 1. The normalized spacial score (nSPS) is 25.1. The van der Waals surface area contributed by atoms with E-state index in [-0.39, 0.29) is 17.5 Å². The maximum atomic E-state index is 11.2. The van der Waals surface area contributed by atoms with Crippen molar-refractivity contribution in [3.8, 4) is 0 Å². The molecule has 0 spiro atoms. The molecule has 0 radical (unpaired) electrons. The first kappa shape index (κ1) is 10.2. The van der Waals surface area contributed by atoms with Crippen molar-refractivity contribution in [2.75, 3.05) is 16.8 Å². The molecule has 0 bridgehead atoms. The van der Waals surface area contributed by atoms with Crippen molar-refractivity contribution >= 4 is 37.9 Å². The number of nitrogens with one attached hydrogen (secondary N) is 1. The van der Waals surface area contributed by atoms with E-state index in [1.165, 1.54) is 11.3 Å². The van der Waals surface area contributed by atoms with Crippen LogP contribution in [-0.2, 0) is 9.84 Å². The second-order valence-corrected chi connectivity index (χ2v) is 6.69. The lowest BCUT2D eigenvalue weighted by atomic mass is 10.3. The second kappa shape index (κ2) is 3.67. The highest BCUT2D eigenvalue weighted by Gasteiger charge is 2.28. The third-order valence-corrected chi connectivity index (χ3v) is 4.90. The van der Waals surface area contributed by atoms with E-state index in [4.69, 9.17) is 11.6 Å². The molecule has 4 nitrogen and oxygen atoms in total. The van der Waals surface area contributed by atoms with Crippen LogP contribution in [0.1, 0.15) is 6.42 Å². The Morgan fingerprint density at radius 2 is 2.43 bits per heavy atom. The van der Waals surface area contributed by atoms with Crippen LogP contribution in [0.4, 0.5) is 5.13 Å². The van der Waals surface area contributed by atoms with Crippen molar-refractivity contribution in [3.05, 3.63) is 10.5 Å². The first-order valence-electron chi connectivity index (χ1n) is 4.13. The van der Waals surface area contributed by atoms with Gasteiger partial charge in [0.2, 0.25) is 0 Å². The quantitative estimate of drug-likeness (QED) is 0.864. The zero-order valence-electron chi connectivity index (χ0n) is 7.23. The molecule has 7 heteroatoms. The van der Waals surface area contributed by atoms with E-state index in [0.29, 0.717) is 16.7 Å². The van der Waals surface area contributed by atoms with Crippen molar-refractivity contribution in [2.24, 2.45) is 0 Å². The number of aromatic nitrogens is 1.